The summed E-state index contributed by atoms with van der Waals surface area (Å²) in [5, 5.41) is 11.1. The predicted molar refractivity (Wildman–Crippen MR) is 130 cm³/mol. The lowest BCUT2D eigenvalue weighted by Gasteiger charge is -2.35. The molecular weight excluding hydrogens is 458 g/mol. The Labute approximate surface area is 206 Å². The van der Waals surface area contributed by atoms with E-state index in [4.69, 9.17) is 0 Å². The molecule has 4 atom stereocenters. The lowest BCUT2D eigenvalue weighted by atomic mass is 9.83. The van der Waals surface area contributed by atoms with Crippen LogP contribution in [0.2, 0.25) is 0 Å². The lowest BCUT2D eigenvalue weighted by Crippen LogP contribution is -2.44. The average Bonchev–Trinajstić information content (AvgIpc) is 3.37. The van der Waals surface area contributed by atoms with Crippen LogP contribution in [0.3, 0.4) is 0 Å². The number of hydrogen-bond donors (Lipinski definition) is 0. The number of carbonyl (C=O) groups is 3. The van der Waals surface area contributed by atoms with E-state index in [1.807, 2.05) is 65.6 Å². The van der Waals surface area contributed by atoms with Crippen molar-refractivity contribution < 1.29 is 19.3 Å². The van der Waals surface area contributed by atoms with Gasteiger partial charge in [-0.2, -0.15) is 0 Å². The Bertz CT molecular complexity index is 1430. The second-order valence-electron chi connectivity index (χ2n) is 9.25. The molecular formula is C28H21N3O5. The number of nitro benzene ring substituents is 1. The van der Waals surface area contributed by atoms with Crippen molar-refractivity contribution in [2.24, 2.45) is 11.8 Å². The summed E-state index contributed by atoms with van der Waals surface area (Å²) >= 11 is 0. The summed E-state index contributed by atoms with van der Waals surface area (Å²) in [6, 6.07) is 21.0. The standard InChI is InChI=1S/C28H21N3O5/c32-26(19-10-12-20(13-11-19)31(35)36)25-23-22(24-21-9-5-4-8-18(21)14-15-29(24)25)27(33)30(28(23)34)16-17-6-2-1-3-7-17/h1-15,22-25H,16H2. The molecule has 8 heteroatoms. The number of nitro groups is 1. The van der Waals surface area contributed by atoms with Gasteiger partial charge in [-0.1, -0.05) is 54.6 Å². The number of non-ortho nitro benzene ring substituents is 1. The second-order valence-corrected chi connectivity index (χ2v) is 9.25. The summed E-state index contributed by atoms with van der Waals surface area (Å²) in [5.74, 6) is -2.56. The number of imide groups is 1. The third kappa shape index (κ3) is 3.25. The Hall–Kier alpha value is -4.59. The van der Waals surface area contributed by atoms with Crippen LogP contribution in [0.4, 0.5) is 5.69 Å². The Kier molecular flexibility index (Phi) is 5.03. The van der Waals surface area contributed by atoms with Crippen molar-refractivity contribution in [3.63, 3.8) is 0 Å². The van der Waals surface area contributed by atoms with Gasteiger partial charge in [-0.05, 0) is 34.9 Å². The molecule has 3 heterocycles. The first-order valence-electron chi connectivity index (χ1n) is 11.7. The SMILES string of the molecule is O=C(c1ccc([N+](=O)[O-])cc1)C1C2C(=O)N(Cc3ccccc3)C(=O)C2C2c3ccccc3C=CN12. The first-order chi connectivity index (χ1) is 17.5. The van der Waals surface area contributed by atoms with E-state index >= 15 is 0 Å². The molecule has 6 rings (SSSR count). The van der Waals surface area contributed by atoms with Crippen molar-refractivity contribution in [1.82, 2.24) is 9.80 Å². The van der Waals surface area contributed by atoms with Crippen molar-refractivity contribution in [1.29, 1.82) is 0 Å². The maximum absolute atomic E-state index is 13.8. The normalized spacial score (nSPS) is 23.9. The highest BCUT2D eigenvalue weighted by atomic mass is 16.6. The lowest BCUT2D eigenvalue weighted by molar-refractivity contribution is -0.384. The summed E-state index contributed by atoms with van der Waals surface area (Å²) in [5.41, 5.74) is 2.82. The topological polar surface area (TPSA) is 101 Å². The Morgan fingerprint density at radius 3 is 2.25 bits per heavy atom. The molecule has 0 N–H and O–H groups in total. The number of carbonyl (C=O) groups excluding carboxylic acids is 3. The molecule has 0 aromatic heterocycles. The van der Waals surface area contributed by atoms with E-state index in [-0.39, 0.29) is 35.4 Å². The van der Waals surface area contributed by atoms with Gasteiger partial charge in [-0.15, -0.1) is 0 Å². The minimum absolute atomic E-state index is 0.123. The Morgan fingerprint density at radius 1 is 0.861 bits per heavy atom. The first kappa shape index (κ1) is 21.9. The number of likely N-dealkylation sites (tertiary alicyclic amines) is 1. The van der Waals surface area contributed by atoms with Gasteiger partial charge in [-0.3, -0.25) is 29.4 Å². The van der Waals surface area contributed by atoms with Crippen molar-refractivity contribution in [3.05, 3.63) is 117 Å². The van der Waals surface area contributed by atoms with Gasteiger partial charge in [-0.25, -0.2) is 0 Å². The number of Topliss-reactive ketones (excluding diaryl/α,β-unsaturated/α-hetero) is 1. The van der Waals surface area contributed by atoms with E-state index in [0.29, 0.717) is 0 Å². The van der Waals surface area contributed by atoms with E-state index in [9.17, 15) is 24.5 Å². The largest absolute Gasteiger partial charge is 0.358 e. The molecule has 0 radical (unpaired) electrons. The van der Waals surface area contributed by atoms with Gasteiger partial charge < -0.3 is 4.90 Å². The third-order valence-corrected chi connectivity index (χ3v) is 7.37. The van der Waals surface area contributed by atoms with E-state index in [1.165, 1.54) is 29.2 Å². The Balaban J connectivity index is 1.43. The zero-order chi connectivity index (χ0) is 25.0. The molecule has 0 spiro atoms. The van der Waals surface area contributed by atoms with E-state index < -0.39 is 28.8 Å². The van der Waals surface area contributed by atoms with Crippen LogP contribution in [-0.4, -0.2) is 38.4 Å². The minimum atomic E-state index is -0.900. The number of nitrogens with zero attached hydrogens (tertiary/aromatic N) is 3. The molecule has 3 aromatic rings. The van der Waals surface area contributed by atoms with E-state index in [1.54, 1.807) is 6.20 Å². The first-order valence-corrected chi connectivity index (χ1v) is 11.7. The fraction of sp³-hybridized carbons (Fsp3) is 0.179. The molecule has 0 aliphatic carbocycles. The van der Waals surface area contributed by atoms with Gasteiger partial charge in [0.1, 0.15) is 6.04 Å². The molecule has 4 unspecified atom stereocenters. The van der Waals surface area contributed by atoms with E-state index in [2.05, 4.69) is 0 Å². The van der Waals surface area contributed by atoms with Crippen molar-refractivity contribution in [3.8, 4) is 0 Å². The zero-order valence-corrected chi connectivity index (χ0v) is 19.1. The average molecular weight is 479 g/mol. The summed E-state index contributed by atoms with van der Waals surface area (Å²) in [7, 11) is 0. The highest BCUT2D eigenvalue weighted by Crippen LogP contribution is 2.53. The molecule has 8 nitrogen and oxygen atoms in total. The molecule has 3 aromatic carbocycles. The molecule has 2 saturated heterocycles. The number of fused-ring (bicyclic) bond motifs is 5. The second kappa shape index (κ2) is 8.27. The Morgan fingerprint density at radius 2 is 1.53 bits per heavy atom. The highest BCUT2D eigenvalue weighted by molar-refractivity contribution is 6.12. The molecule has 36 heavy (non-hydrogen) atoms. The van der Waals surface area contributed by atoms with E-state index in [0.717, 1.165) is 16.7 Å². The van der Waals surface area contributed by atoms with Crippen LogP contribution in [0.1, 0.15) is 33.1 Å². The number of amides is 2. The molecule has 2 fully saturated rings. The fourth-order valence-corrected chi connectivity index (χ4v) is 5.76. The van der Waals surface area contributed by atoms with Crippen LogP contribution in [0.25, 0.3) is 6.08 Å². The quantitative estimate of drug-likeness (QED) is 0.237. The van der Waals surface area contributed by atoms with Gasteiger partial charge in [0.05, 0.1) is 29.3 Å². The number of ketones is 1. The van der Waals surface area contributed by atoms with Crippen molar-refractivity contribution in [2.45, 2.75) is 18.6 Å². The smallest absolute Gasteiger partial charge is 0.269 e. The molecule has 0 saturated carbocycles. The molecule has 178 valence electrons. The number of benzene rings is 3. The van der Waals surface area contributed by atoms with Gasteiger partial charge in [0.2, 0.25) is 11.8 Å². The summed E-state index contributed by atoms with van der Waals surface area (Å²) in [6.45, 7) is 0.147. The monoisotopic (exact) mass is 479 g/mol. The molecule has 3 aliphatic heterocycles. The van der Waals surface area contributed by atoms with Gasteiger partial charge in [0.25, 0.3) is 5.69 Å². The maximum Gasteiger partial charge on any atom is 0.269 e. The third-order valence-electron chi connectivity index (χ3n) is 7.37. The van der Waals surface area contributed by atoms with Gasteiger partial charge >= 0.3 is 0 Å². The molecule has 0 bridgehead atoms. The van der Waals surface area contributed by atoms with Crippen molar-refractivity contribution >= 4 is 29.4 Å². The summed E-state index contributed by atoms with van der Waals surface area (Å²) < 4.78 is 0. The molecule has 2 amide bonds. The maximum atomic E-state index is 13.8. The molecule has 3 aliphatic rings. The van der Waals surface area contributed by atoms with Crippen LogP contribution in [0, 0.1) is 22.0 Å². The number of rotatable bonds is 5. The van der Waals surface area contributed by atoms with Crippen molar-refractivity contribution in [2.75, 3.05) is 0 Å². The zero-order valence-electron chi connectivity index (χ0n) is 19.1. The van der Waals surface area contributed by atoms with Crippen LogP contribution in [0.5, 0.6) is 0 Å². The summed E-state index contributed by atoms with van der Waals surface area (Å²) in [4.78, 5) is 55.0. The van der Waals surface area contributed by atoms with Crippen LogP contribution in [0.15, 0.2) is 85.1 Å². The highest BCUT2D eigenvalue weighted by Gasteiger charge is 2.64. The van der Waals surface area contributed by atoms with Crippen LogP contribution < -0.4 is 0 Å². The van der Waals surface area contributed by atoms with Gasteiger partial charge in [0.15, 0.2) is 5.78 Å². The van der Waals surface area contributed by atoms with Crippen LogP contribution in [-0.2, 0) is 16.1 Å². The number of hydrogen-bond acceptors (Lipinski definition) is 6. The van der Waals surface area contributed by atoms with Crippen LogP contribution >= 0.6 is 0 Å². The predicted octanol–water partition coefficient (Wildman–Crippen LogP) is 3.99. The van der Waals surface area contributed by atoms with Gasteiger partial charge in [0, 0.05) is 23.9 Å². The minimum Gasteiger partial charge on any atom is -0.358 e. The fourth-order valence-electron chi connectivity index (χ4n) is 5.76. The summed E-state index contributed by atoms with van der Waals surface area (Å²) in [6.07, 6.45) is 3.68.